The van der Waals surface area contributed by atoms with Gasteiger partial charge in [0, 0.05) is 29.7 Å². The lowest BCUT2D eigenvalue weighted by atomic mass is 10.2. The first-order chi connectivity index (χ1) is 12.3. The van der Waals surface area contributed by atoms with E-state index in [0.717, 1.165) is 11.3 Å². The Morgan fingerprint density at radius 2 is 1.64 bits per heavy atom. The minimum Gasteiger partial charge on any atom is -0.351 e. The van der Waals surface area contributed by atoms with E-state index >= 15 is 0 Å². The first-order valence-electron chi connectivity index (χ1n) is 8.53. The fourth-order valence-electron chi connectivity index (χ4n) is 2.69. The van der Waals surface area contributed by atoms with E-state index in [-0.39, 0.29) is 0 Å². The molecule has 126 valence electrons. The SMILES string of the molecule is CC(Nc1nc(Nc2ccncc2)nc(-c2ccccc2)n1)C1CC1. The van der Waals surface area contributed by atoms with Gasteiger partial charge in [0.05, 0.1) is 0 Å². The molecule has 1 aliphatic rings. The van der Waals surface area contributed by atoms with Crippen LogP contribution in [0, 0.1) is 5.92 Å². The quantitative estimate of drug-likeness (QED) is 0.713. The second-order valence-electron chi connectivity index (χ2n) is 6.30. The van der Waals surface area contributed by atoms with Crippen LogP contribution in [0.5, 0.6) is 0 Å². The molecule has 1 aromatic carbocycles. The highest BCUT2D eigenvalue weighted by Crippen LogP contribution is 2.33. The van der Waals surface area contributed by atoms with Gasteiger partial charge < -0.3 is 10.6 Å². The maximum absolute atomic E-state index is 4.61. The van der Waals surface area contributed by atoms with Gasteiger partial charge in [0.1, 0.15) is 0 Å². The van der Waals surface area contributed by atoms with Gasteiger partial charge in [-0.05, 0) is 37.8 Å². The van der Waals surface area contributed by atoms with Crippen molar-refractivity contribution in [1.82, 2.24) is 19.9 Å². The van der Waals surface area contributed by atoms with Gasteiger partial charge in [-0.1, -0.05) is 30.3 Å². The second kappa shape index (κ2) is 6.84. The predicted octanol–water partition coefficient (Wildman–Crippen LogP) is 3.89. The number of aromatic nitrogens is 4. The van der Waals surface area contributed by atoms with Crippen LogP contribution >= 0.6 is 0 Å². The highest BCUT2D eigenvalue weighted by Gasteiger charge is 2.28. The van der Waals surface area contributed by atoms with Crippen molar-refractivity contribution < 1.29 is 0 Å². The molecule has 1 aliphatic carbocycles. The highest BCUT2D eigenvalue weighted by molar-refractivity contribution is 5.60. The lowest BCUT2D eigenvalue weighted by Crippen LogP contribution is -2.20. The number of benzene rings is 1. The average Bonchev–Trinajstić information content (AvgIpc) is 3.48. The van der Waals surface area contributed by atoms with Crippen molar-refractivity contribution in [3.05, 3.63) is 54.9 Å². The molecule has 1 saturated carbocycles. The Kier molecular flexibility index (Phi) is 4.24. The van der Waals surface area contributed by atoms with Crippen LogP contribution in [0.3, 0.4) is 0 Å². The van der Waals surface area contributed by atoms with Crippen molar-refractivity contribution in [3.63, 3.8) is 0 Å². The zero-order valence-corrected chi connectivity index (χ0v) is 14.1. The van der Waals surface area contributed by atoms with Crippen LogP contribution < -0.4 is 10.6 Å². The van der Waals surface area contributed by atoms with Gasteiger partial charge in [0.2, 0.25) is 11.9 Å². The maximum atomic E-state index is 4.61. The monoisotopic (exact) mass is 332 g/mol. The van der Waals surface area contributed by atoms with Gasteiger partial charge in [0.25, 0.3) is 0 Å². The smallest absolute Gasteiger partial charge is 0.232 e. The molecule has 2 heterocycles. The number of nitrogens with zero attached hydrogens (tertiary/aromatic N) is 4. The van der Waals surface area contributed by atoms with Crippen LogP contribution in [0.1, 0.15) is 19.8 Å². The molecule has 2 N–H and O–H groups in total. The first kappa shape index (κ1) is 15.5. The average molecular weight is 332 g/mol. The number of anilines is 3. The van der Waals surface area contributed by atoms with E-state index in [4.69, 9.17) is 0 Å². The van der Waals surface area contributed by atoms with Crippen LogP contribution in [0.4, 0.5) is 17.6 Å². The van der Waals surface area contributed by atoms with Gasteiger partial charge in [-0.15, -0.1) is 0 Å². The third-order valence-corrected chi connectivity index (χ3v) is 4.29. The zero-order chi connectivity index (χ0) is 17.1. The Morgan fingerprint density at radius 1 is 0.920 bits per heavy atom. The van der Waals surface area contributed by atoms with Crippen molar-refractivity contribution in [2.45, 2.75) is 25.8 Å². The summed E-state index contributed by atoms with van der Waals surface area (Å²) in [7, 11) is 0. The largest absolute Gasteiger partial charge is 0.351 e. The molecule has 0 radical (unpaired) electrons. The maximum Gasteiger partial charge on any atom is 0.232 e. The summed E-state index contributed by atoms with van der Waals surface area (Å²) < 4.78 is 0. The molecule has 0 saturated heterocycles. The lowest BCUT2D eigenvalue weighted by molar-refractivity contribution is 0.685. The Bertz CT molecular complexity index is 833. The van der Waals surface area contributed by atoms with E-state index in [0.29, 0.717) is 29.7 Å². The van der Waals surface area contributed by atoms with E-state index in [2.05, 4.69) is 37.5 Å². The molecular weight excluding hydrogens is 312 g/mol. The Labute approximate surface area is 146 Å². The number of rotatable bonds is 6. The number of nitrogens with one attached hydrogen (secondary N) is 2. The fraction of sp³-hybridized carbons (Fsp3) is 0.263. The molecule has 0 amide bonds. The number of pyridine rings is 1. The molecule has 0 spiro atoms. The molecule has 0 aliphatic heterocycles. The van der Waals surface area contributed by atoms with Gasteiger partial charge in [-0.3, -0.25) is 4.98 Å². The van der Waals surface area contributed by atoms with E-state index in [1.165, 1.54) is 12.8 Å². The number of hydrogen-bond donors (Lipinski definition) is 2. The summed E-state index contributed by atoms with van der Waals surface area (Å²) in [6.45, 7) is 2.18. The molecule has 6 heteroatoms. The highest BCUT2D eigenvalue weighted by atomic mass is 15.2. The molecule has 2 aromatic heterocycles. The van der Waals surface area contributed by atoms with Crippen molar-refractivity contribution in [3.8, 4) is 11.4 Å². The molecule has 3 aromatic rings. The summed E-state index contributed by atoms with van der Waals surface area (Å²) in [5.74, 6) is 2.49. The minimum absolute atomic E-state index is 0.361. The number of hydrogen-bond acceptors (Lipinski definition) is 6. The van der Waals surface area contributed by atoms with Crippen molar-refractivity contribution in [2.24, 2.45) is 5.92 Å². The van der Waals surface area contributed by atoms with Crippen LogP contribution in [0.15, 0.2) is 54.9 Å². The van der Waals surface area contributed by atoms with E-state index < -0.39 is 0 Å². The Morgan fingerprint density at radius 3 is 2.36 bits per heavy atom. The molecule has 6 nitrogen and oxygen atoms in total. The van der Waals surface area contributed by atoms with Crippen LogP contribution in [-0.2, 0) is 0 Å². The summed E-state index contributed by atoms with van der Waals surface area (Å²) >= 11 is 0. The van der Waals surface area contributed by atoms with Gasteiger partial charge >= 0.3 is 0 Å². The third-order valence-electron chi connectivity index (χ3n) is 4.29. The van der Waals surface area contributed by atoms with Gasteiger partial charge in [0.15, 0.2) is 5.82 Å². The standard InChI is InChI=1S/C19H20N6/c1-13(14-7-8-14)21-18-23-17(15-5-3-2-4-6-15)24-19(25-18)22-16-9-11-20-12-10-16/h2-6,9-14H,7-8H2,1H3,(H2,20,21,22,23,24,25). The fourth-order valence-corrected chi connectivity index (χ4v) is 2.69. The predicted molar refractivity (Wildman–Crippen MR) is 98.6 cm³/mol. The summed E-state index contributed by atoms with van der Waals surface area (Å²) in [6.07, 6.45) is 6.01. The summed E-state index contributed by atoms with van der Waals surface area (Å²) in [6, 6.07) is 14.1. The van der Waals surface area contributed by atoms with Gasteiger partial charge in [-0.2, -0.15) is 15.0 Å². The molecule has 25 heavy (non-hydrogen) atoms. The Hall–Kier alpha value is -3.02. The summed E-state index contributed by atoms with van der Waals surface area (Å²) in [5.41, 5.74) is 1.85. The van der Waals surface area contributed by atoms with Crippen LogP contribution in [0.2, 0.25) is 0 Å². The molecule has 0 bridgehead atoms. The van der Waals surface area contributed by atoms with Gasteiger partial charge in [-0.25, -0.2) is 0 Å². The summed E-state index contributed by atoms with van der Waals surface area (Å²) in [5, 5.41) is 6.66. The normalized spacial score (nSPS) is 14.8. The van der Waals surface area contributed by atoms with Crippen molar-refractivity contribution >= 4 is 17.6 Å². The summed E-state index contributed by atoms with van der Waals surface area (Å²) in [4.78, 5) is 17.8. The topological polar surface area (TPSA) is 75.6 Å². The third kappa shape index (κ3) is 3.91. The molecule has 1 fully saturated rings. The Balaban J connectivity index is 1.66. The first-order valence-corrected chi connectivity index (χ1v) is 8.53. The van der Waals surface area contributed by atoms with Crippen LogP contribution in [0.25, 0.3) is 11.4 Å². The van der Waals surface area contributed by atoms with E-state index in [9.17, 15) is 0 Å². The molecule has 1 unspecified atom stereocenters. The molecular formula is C19H20N6. The molecule has 4 rings (SSSR count). The van der Waals surface area contributed by atoms with Crippen molar-refractivity contribution in [1.29, 1.82) is 0 Å². The van der Waals surface area contributed by atoms with Crippen LogP contribution in [-0.4, -0.2) is 26.0 Å². The zero-order valence-electron chi connectivity index (χ0n) is 14.1. The minimum atomic E-state index is 0.361. The lowest BCUT2D eigenvalue weighted by Gasteiger charge is -2.14. The van der Waals surface area contributed by atoms with E-state index in [1.54, 1.807) is 12.4 Å². The van der Waals surface area contributed by atoms with E-state index in [1.807, 2.05) is 42.5 Å². The van der Waals surface area contributed by atoms with Crippen molar-refractivity contribution in [2.75, 3.05) is 10.6 Å². The molecule has 1 atom stereocenters. The second-order valence-corrected chi connectivity index (χ2v) is 6.30.